The fraction of sp³-hybridized carbons (Fsp3) is 0.333. The number of allylic oxidation sites excluding steroid dienone is 2. The highest BCUT2D eigenvalue weighted by atomic mass is 35.5. The van der Waals surface area contributed by atoms with Gasteiger partial charge in [-0.2, -0.15) is 0 Å². The zero-order chi connectivity index (χ0) is 10.1. The third-order valence-electron chi connectivity index (χ3n) is 2.10. The number of hydrogen-bond acceptors (Lipinski definition) is 3. The van der Waals surface area contributed by atoms with E-state index < -0.39 is 5.97 Å². The zero-order valence-corrected chi connectivity index (χ0v) is 8.86. The van der Waals surface area contributed by atoms with Crippen LogP contribution in [-0.2, 0) is 0 Å². The molecule has 0 aromatic carbocycles. The maximum Gasteiger partial charge on any atom is 0.349 e. The van der Waals surface area contributed by atoms with Crippen molar-refractivity contribution in [1.82, 2.24) is 4.98 Å². The molecule has 0 saturated heterocycles. The predicted molar refractivity (Wildman–Crippen MR) is 55.9 cm³/mol. The molecule has 1 aliphatic rings. The highest BCUT2D eigenvalue weighted by molar-refractivity contribution is 7.15. The summed E-state index contributed by atoms with van der Waals surface area (Å²) < 4.78 is 0. The van der Waals surface area contributed by atoms with E-state index in [1.54, 1.807) is 0 Å². The van der Waals surface area contributed by atoms with E-state index in [4.69, 9.17) is 16.7 Å². The number of halogens is 1. The first-order chi connectivity index (χ1) is 6.68. The number of rotatable bonds is 2. The first kappa shape index (κ1) is 9.68. The van der Waals surface area contributed by atoms with E-state index in [0.717, 1.165) is 41.2 Å². The Hall–Kier alpha value is -0.870. The van der Waals surface area contributed by atoms with E-state index in [0.29, 0.717) is 0 Å². The molecule has 0 fully saturated rings. The Morgan fingerprint density at radius 2 is 2.43 bits per heavy atom. The van der Waals surface area contributed by atoms with Crippen LogP contribution in [0.15, 0.2) is 6.08 Å². The van der Waals surface area contributed by atoms with Crippen LogP contribution in [0, 0.1) is 0 Å². The van der Waals surface area contributed by atoms with Gasteiger partial charge in [0, 0.05) is 0 Å². The first-order valence-corrected chi connectivity index (χ1v) is 5.47. The largest absolute Gasteiger partial charge is 0.477 e. The number of carboxylic acids is 1. The molecule has 2 rings (SSSR count). The van der Waals surface area contributed by atoms with Crippen molar-refractivity contribution in [3.63, 3.8) is 0 Å². The van der Waals surface area contributed by atoms with Crippen LogP contribution in [0.5, 0.6) is 0 Å². The topological polar surface area (TPSA) is 50.2 Å². The summed E-state index contributed by atoms with van der Waals surface area (Å²) in [6, 6.07) is 0. The number of aromatic nitrogens is 1. The minimum absolute atomic E-state index is 0.102. The average molecular weight is 230 g/mol. The lowest BCUT2D eigenvalue weighted by atomic mass is 10.2. The van der Waals surface area contributed by atoms with Crippen LogP contribution < -0.4 is 0 Å². The number of carboxylic acid groups (broad SMARTS) is 1. The summed E-state index contributed by atoms with van der Waals surface area (Å²) in [6.45, 7) is 0. The van der Waals surface area contributed by atoms with Crippen molar-refractivity contribution in [2.24, 2.45) is 0 Å². The van der Waals surface area contributed by atoms with E-state index in [1.807, 2.05) is 0 Å². The molecular formula is C9H8ClNO2S. The van der Waals surface area contributed by atoms with Gasteiger partial charge in [-0.25, -0.2) is 9.78 Å². The second kappa shape index (κ2) is 3.71. The molecule has 0 saturated carbocycles. The van der Waals surface area contributed by atoms with Crippen molar-refractivity contribution >= 4 is 34.5 Å². The summed E-state index contributed by atoms with van der Waals surface area (Å²) in [6.07, 6.45) is 5.24. The minimum Gasteiger partial charge on any atom is -0.477 e. The van der Waals surface area contributed by atoms with Gasteiger partial charge in [-0.1, -0.05) is 17.7 Å². The predicted octanol–water partition coefficient (Wildman–Crippen LogP) is 3.06. The molecule has 1 N–H and O–H groups in total. The Bertz CT molecular complexity index is 411. The molecule has 0 amide bonds. The summed E-state index contributed by atoms with van der Waals surface area (Å²) in [4.78, 5) is 14.9. The standard InChI is InChI=1S/C9H8ClNO2S/c10-7-6(9(12)13)14-8(11-7)5-3-1-2-4-5/h3H,1-2,4H2,(H,12,13). The van der Waals surface area contributed by atoms with Crippen molar-refractivity contribution in [3.8, 4) is 0 Å². The van der Waals surface area contributed by atoms with Crippen LogP contribution in [0.4, 0.5) is 0 Å². The Kier molecular flexibility index (Phi) is 2.56. The maximum absolute atomic E-state index is 10.7. The Morgan fingerprint density at radius 1 is 1.64 bits per heavy atom. The van der Waals surface area contributed by atoms with Crippen LogP contribution in [0.2, 0.25) is 5.15 Å². The number of thiazole rings is 1. The number of carbonyl (C=O) groups is 1. The third-order valence-corrected chi connectivity index (χ3v) is 3.60. The van der Waals surface area contributed by atoms with Crippen LogP contribution in [-0.4, -0.2) is 16.1 Å². The van der Waals surface area contributed by atoms with E-state index in [2.05, 4.69) is 11.1 Å². The maximum atomic E-state index is 10.7. The van der Waals surface area contributed by atoms with E-state index in [-0.39, 0.29) is 10.0 Å². The summed E-state index contributed by atoms with van der Waals surface area (Å²) in [5, 5.41) is 9.64. The third kappa shape index (κ3) is 1.67. The quantitative estimate of drug-likeness (QED) is 0.848. The van der Waals surface area contributed by atoms with Gasteiger partial charge in [-0.3, -0.25) is 0 Å². The minimum atomic E-state index is -1.00. The van der Waals surface area contributed by atoms with Gasteiger partial charge < -0.3 is 5.11 Å². The molecule has 0 bridgehead atoms. The zero-order valence-electron chi connectivity index (χ0n) is 7.29. The van der Waals surface area contributed by atoms with Gasteiger partial charge in [0.2, 0.25) is 0 Å². The lowest BCUT2D eigenvalue weighted by Gasteiger charge is -1.92. The SMILES string of the molecule is O=C(O)c1sc(C2=CCCC2)nc1Cl. The molecule has 14 heavy (non-hydrogen) atoms. The smallest absolute Gasteiger partial charge is 0.349 e. The van der Waals surface area contributed by atoms with Crippen LogP contribution >= 0.6 is 22.9 Å². The second-order valence-electron chi connectivity index (χ2n) is 3.07. The van der Waals surface area contributed by atoms with Gasteiger partial charge in [0.1, 0.15) is 5.01 Å². The molecule has 3 nitrogen and oxygen atoms in total. The van der Waals surface area contributed by atoms with Gasteiger partial charge >= 0.3 is 5.97 Å². The summed E-state index contributed by atoms with van der Waals surface area (Å²) in [5.74, 6) is -1.00. The van der Waals surface area contributed by atoms with Crippen molar-refractivity contribution in [2.75, 3.05) is 0 Å². The van der Waals surface area contributed by atoms with Crippen molar-refractivity contribution in [2.45, 2.75) is 19.3 Å². The molecular weight excluding hydrogens is 222 g/mol. The first-order valence-electron chi connectivity index (χ1n) is 4.27. The summed E-state index contributed by atoms with van der Waals surface area (Å²) in [7, 11) is 0. The highest BCUT2D eigenvalue weighted by Crippen LogP contribution is 2.33. The highest BCUT2D eigenvalue weighted by Gasteiger charge is 2.18. The molecule has 0 radical (unpaired) electrons. The summed E-state index contributed by atoms with van der Waals surface area (Å²) in [5.41, 5.74) is 1.13. The molecule has 0 atom stereocenters. The fourth-order valence-electron chi connectivity index (χ4n) is 1.44. The molecule has 74 valence electrons. The van der Waals surface area contributed by atoms with Gasteiger partial charge in [-0.05, 0) is 24.8 Å². The molecule has 0 aliphatic heterocycles. The van der Waals surface area contributed by atoms with E-state index in [9.17, 15) is 4.79 Å². The number of hydrogen-bond donors (Lipinski definition) is 1. The van der Waals surface area contributed by atoms with E-state index >= 15 is 0 Å². The van der Waals surface area contributed by atoms with Crippen molar-refractivity contribution in [1.29, 1.82) is 0 Å². The summed E-state index contributed by atoms with van der Waals surface area (Å²) >= 11 is 6.86. The number of nitrogens with zero attached hydrogens (tertiary/aromatic N) is 1. The van der Waals surface area contributed by atoms with Crippen LogP contribution in [0.25, 0.3) is 5.57 Å². The average Bonchev–Trinajstić information content (AvgIpc) is 2.70. The lowest BCUT2D eigenvalue weighted by molar-refractivity contribution is 0.0702. The monoisotopic (exact) mass is 229 g/mol. The molecule has 0 spiro atoms. The molecule has 1 aromatic rings. The normalized spacial score (nSPS) is 15.6. The van der Waals surface area contributed by atoms with Crippen LogP contribution in [0.1, 0.15) is 33.9 Å². The van der Waals surface area contributed by atoms with Gasteiger partial charge in [0.15, 0.2) is 10.0 Å². The molecule has 5 heteroatoms. The van der Waals surface area contributed by atoms with Crippen molar-refractivity contribution in [3.05, 3.63) is 21.1 Å². The second-order valence-corrected chi connectivity index (χ2v) is 4.42. The fourth-order valence-corrected chi connectivity index (χ4v) is 2.63. The van der Waals surface area contributed by atoms with Gasteiger partial charge in [0.05, 0.1) is 0 Å². The van der Waals surface area contributed by atoms with E-state index in [1.165, 1.54) is 0 Å². The molecule has 0 unspecified atom stereocenters. The molecule has 1 aliphatic carbocycles. The Balaban J connectivity index is 2.36. The van der Waals surface area contributed by atoms with Gasteiger partial charge in [0.25, 0.3) is 0 Å². The lowest BCUT2D eigenvalue weighted by Crippen LogP contribution is -1.91. The van der Waals surface area contributed by atoms with Crippen LogP contribution in [0.3, 0.4) is 0 Å². The van der Waals surface area contributed by atoms with Gasteiger partial charge in [-0.15, -0.1) is 11.3 Å². The van der Waals surface area contributed by atoms with Crippen molar-refractivity contribution < 1.29 is 9.90 Å². The Morgan fingerprint density at radius 3 is 2.93 bits per heavy atom. The molecule has 1 heterocycles. The Labute approximate surface area is 90.0 Å². The number of aromatic carboxylic acids is 1. The molecule has 1 aromatic heterocycles.